The van der Waals surface area contributed by atoms with Crippen molar-refractivity contribution in [1.82, 2.24) is 9.88 Å². The molecule has 0 saturated carbocycles. The van der Waals surface area contributed by atoms with Gasteiger partial charge in [0.1, 0.15) is 0 Å². The van der Waals surface area contributed by atoms with Gasteiger partial charge in [0.05, 0.1) is 30.3 Å². The minimum atomic E-state index is -0.643. The summed E-state index contributed by atoms with van der Waals surface area (Å²) >= 11 is 0. The van der Waals surface area contributed by atoms with E-state index in [4.69, 9.17) is 4.74 Å². The summed E-state index contributed by atoms with van der Waals surface area (Å²) in [5, 5.41) is 9.89. The first-order valence-corrected chi connectivity index (χ1v) is 12.1. The van der Waals surface area contributed by atoms with Crippen molar-refractivity contribution in [1.29, 1.82) is 0 Å². The van der Waals surface area contributed by atoms with Crippen LogP contribution in [0.25, 0.3) is 21.8 Å². The van der Waals surface area contributed by atoms with Crippen LogP contribution >= 0.6 is 0 Å². The SMILES string of the molecule is COC(=O)c1cc(NC(=O)CNC(=O)c2ccccc2)cc(NC(=O)n2c3ccccc3c3ccccc32)c1. The smallest absolute Gasteiger partial charge is 0.337 e. The number of carbonyl (C=O) groups excluding carboxylic acids is 4. The molecule has 0 fully saturated rings. The molecule has 0 atom stereocenters. The molecule has 194 valence electrons. The zero-order valence-corrected chi connectivity index (χ0v) is 20.9. The largest absolute Gasteiger partial charge is 0.465 e. The molecule has 3 amide bonds. The molecule has 0 aliphatic heterocycles. The fourth-order valence-electron chi connectivity index (χ4n) is 4.39. The Morgan fingerprint density at radius 2 is 1.26 bits per heavy atom. The van der Waals surface area contributed by atoms with Gasteiger partial charge in [-0.25, -0.2) is 9.59 Å². The number of fused-ring (bicyclic) bond motifs is 3. The second-order valence-corrected chi connectivity index (χ2v) is 8.69. The van der Waals surface area contributed by atoms with Crippen molar-refractivity contribution < 1.29 is 23.9 Å². The van der Waals surface area contributed by atoms with Gasteiger partial charge in [-0.15, -0.1) is 0 Å². The Hall–Kier alpha value is -5.44. The van der Waals surface area contributed by atoms with Crippen LogP contribution in [0.2, 0.25) is 0 Å². The van der Waals surface area contributed by atoms with E-state index in [-0.39, 0.29) is 23.5 Å². The number of rotatable bonds is 6. The van der Waals surface area contributed by atoms with Gasteiger partial charge in [0.25, 0.3) is 5.91 Å². The standard InChI is InChI=1S/C30H24N4O5/c1-39-29(37)20-15-21(32-27(35)18-31-28(36)19-9-3-2-4-10-19)17-22(16-20)33-30(38)34-25-13-7-5-11-23(25)24-12-6-8-14-26(24)34/h2-17H,18H2,1H3,(H,31,36)(H,32,35)(H,33,38). The molecule has 5 rings (SSSR count). The summed E-state index contributed by atoms with van der Waals surface area (Å²) in [5.41, 5.74) is 2.52. The Bertz CT molecular complexity index is 1670. The van der Waals surface area contributed by atoms with Crippen molar-refractivity contribution >= 4 is 57.0 Å². The molecular formula is C30H24N4O5. The van der Waals surface area contributed by atoms with Crippen LogP contribution < -0.4 is 16.0 Å². The number of benzene rings is 4. The lowest BCUT2D eigenvalue weighted by atomic mass is 10.1. The van der Waals surface area contributed by atoms with E-state index in [1.165, 1.54) is 25.3 Å². The number of aromatic nitrogens is 1. The van der Waals surface area contributed by atoms with Crippen molar-refractivity contribution in [3.8, 4) is 0 Å². The molecule has 0 spiro atoms. The highest BCUT2D eigenvalue weighted by atomic mass is 16.5. The number of amides is 3. The van der Waals surface area contributed by atoms with Gasteiger partial charge in [-0.05, 0) is 42.5 Å². The molecule has 3 N–H and O–H groups in total. The molecule has 9 heteroatoms. The Morgan fingerprint density at radius 3 is 1.87 bits per heavy atom. The second-order valence-electron chi connectivity index (χ2n) is 8.69. The number of ether oxygens (including phenoxy) is 1. The maximum absolute atomic E-state index is 13.5. The maximum Gasteiger partial charge on any atom is 0.337 e. The number of anilines is 2. The number of carbonyl (C=O) groups is 4. The van der Waals surface area contributed by atoms with E-state index < -0.39 is 23.8 Å². The lowest BCUT2D eigenvalue weighted by Gasteiger charge is -2.13. The van der Waals surface area contributed by atoms with Crippen LogP contribution in [-0.4, -0.2) is 42.0 Å². The number of nitrogens with zero attached hydrogens (tertiary/aromatic N) is 1. The highest BCUT2D eigenvalue weighted by Gasteiger charge is 2.18. The third-order valence-electron chi connectivity index (χ3n) is 6.12. The van der Waals surface area contributed by atoms with Crippen LogP contribution in [0, 0.1) is 0 Å². The summed E-state index contributed by atoms with van der Waals surface area (Å²) in [7, 11) is 1.24. The second kappa shape index (κ2) is 10.9. The van der Waals surface area contributed by atoms with Gasteiger partial charge in [0.15, 0.2) is 0 Å². The molecule has 0 saturated heterocycles. The number of para-hydroxylation sites is 2. The molecule has 5 aromatic rings. The topological polar surface area (TPSA) is 119 Å². The van der Waals surface area contributed by atoms with E-state index in [9.17, 15) is 19.2 Å². The summed E-state index contributed by atoms with van der Waals surface area (Å²) in [6.45, 7) is -0.292. The van der Waals surface area contributed by atoms with Gasteiger partial charge >= 0.3 is 12.0 Å². The van der Waals surface area contributed by atoms with Crippen LogP contribution in [0.1, 0.15) is 20.7 Å². The predicted octanol–water partition coefficient (Wildman–Crippen LogP) is 5.03. The average Bonchev–Trinajstić information content (AvgIpc) is 3.30. The van der Waals surface area contributed by atoms with E-state index >= 15 is 0 Å². The van der Waals surface area contributed by atoms with Gasteiger partial charge in [-0.2, -0.15) is 0 Å². The van der Waals surface area contributed by atoms with Gasteiger partial charge in [-0.1, -0.05) is 54.6 Å². The van der Waals surface area contributed by atoms with E-state index in [2.05, 4.69) is 16.0 Å². The van der Waals surface area contributed by atoms with Crippen molar-refractivity contribution in [3.63, 3.8) is 0 Å². The van der Waals surface area contributed by atoms with Crippen LogP contribution in [-0.2, 0) is 9.53 Å². The maximum atomic E-state index is 13.5. The Kier molecular flexibility index (Phi) is 7.05. The molecule has 0 aliphatic carbocycles. The van der Waals surface area contributed by atoms with Gasteiger partial charge < -0.3 is 20.7 Å². The number of hydrogen-bond acceptors (Lipinski definition) is 5. The van der Waals surface area contributed by atoms with Crippen molar-refractivity contribution in [3.05, 3.63) is 108 Å². The van der Waals surface area contributed by atoms with Gasteiger partial charge in [-0.3, -0.25) is 14.2 Å². The van der Waals surface area contributed by atoms with E-state index in [1.807, 2.05) is 48.5 Å². The fourth-order valence-corrected chi connectivity index (χ4v) is 4.39. The first kappa shape index (κ1) is 25.2. The van der Waals surface area contributed by atoms with Crippen LogP contribution in [0.4, 0.5) is 16.2 Å². The van der Waals surface area contributed by atoms with Crippen molar-refractivity contribution in [2.24, 2.45) is 0 Å². The first-order valence-electron chi connectivity index (χ1n) is 12.1. The molecule has 1 heterocycles. The number of nitrogens with one attached hydrogen (secondary N) is 3. The number of esters is 1. The molecule has 9 nitrogen and oxygen atoms in total. The van der Waals surface area contributed by atoms with Crippen molar-refractivity contribution in [2.75, 3.05) is 24.3 Å². The summed E-state index contributed by atoms with van der Waals surface area (Å²) in [4.78, 5) is 50.7. The average molecular weight is 521 g/mol. The van der Waals surface area contributed by atoms with Crippen LogP contribution in [0.3, 0.4) is 0 Å². The minimum absolute atomic E-state index is 0.126. The summed E-state index contributed by atoms with van der Waals surface area (Å²) < 4.78 is 6.41. The molecule has 0 unspecified atom stereocenters. The monoisotopic (exact) mass is 520 g/mol. The lowest BCUT2D eigenvalue weighted by Crippen LogP contribution is -2.32. The fraction of sp³-hybridized carbons (Fsp3) is 0.0667. The van der Waals surface area contributed by atoms with Gasteiger partial charge in [0.2, 0.25) is 5.91 Å². The highest BCUT2D eigenvalue weighted by Crippen LogP contribution is 2.29. The summed E-state index contributed by atoms with van der Waals surface area (Å²) in [5.74, 6) is -1.55. The van der Waals surface area contributed by atoms with Crippen molar-refractivity contribution in [2.45, 2.75) is 0 Å². The highest BCUT2D eigenvalue weighted by molar-refractivity contribution is 6.15. The summed E-state index contributed by atoms with van der Waals surface area (Å²) in [6.07, 6.45) is 0. The Morgan fingerprint density at radius 1 is 0.692 bits per heavy atom. The predicted molar refractivity (Wildman–Crippen MR) is 149 cm³/mol. The normalized spacial score (nSPS) is 10.7. The minimum Gasteiger partial charge on any atom is -0.465 e. The third-order valence-corrected chi connectivity index (χ3v) is 6.12. The van der Waals surface area contributed by atoms with E-state index in [0.717, 1.165) is 21.8 Å². The molecule has 39 heavy (non-hydrogen) atoms. The number of methoxy groups -OCH3 is 1. The molecule has 0 aliphatic rings. The molecule has 0 radical (unpaired) electrons. The quantitative estimate of drug-likeness (QED) is 0.272. The zero-order valence-electron chi connectivity index (χ0n) is 20.9. The third kappa shape index (κ3) is 5.33. The van der Waals surface area contributed by atoms with Crippen LogP contribution in [0.15, 0.2) is 97.1 Å². The number of hydrogen-bond donors (Lipinski definition) is 3. The lowest BCUT2D eigenvalue weighted by molar-refractivity contribution is -0.115. The zero-order chi connectivity index (χ0) is 27.4. The first-order chi connectivity index (χ1) is 18.9. The van der Waals surface area contributed by atoms with Crippen LogP contribution in [0.5, 0.6) is 0 Å². The van der Waals surface area contributed by atoms with E-state index in [1.54, 1.807) is 34.9 Å². The van der Waals surface area contributed by atoms with E-state index in [0.29, 0.717) is 5.56 Å². The van der Waals surface area contributed by atoms with Gasteiger partial charge in [0, 0.05) is 27.7 Å². The molecular weight excluding hydrogens is 496 g/mol. The Labute approximate surface area is 223 Å². The Balaban J connectivity index is 1.39. The molecule has 1 aromatic heterocycles. The molecule has 0 bridgehead atoms. The summed E-state index contributed by atoms with van der Waals surface area (Å²) in [6, 6.07) is 27.6. The molecule has 4 aromatic carbocycles.